The van der Waals surface area contributed by atoms with Crippen molar-refractivity contribution in [3.05, 3.63) is 24.3 Å². The van der Waals surface area contributed by atoms with Crippen molar-refractivity contribution in [1.29, 1.82) is 0 Å². The molecule has 2 heterocycles. The zero-order valence-electron chi connectivity index (χ0n) is 12.4. The third kappa shape index (κ3) is 3.07. The van der Waals surface area contributed by atoms with Gasteiger partial charge < -0.3 is 10.2 Å². The van der Waals surface area contributed by atoms with Gasteiger partial charge >= 0.3 is 0 Å². The van der Waals surface area contributed by atoms with E-state index in [0.29, 0.717) is 17.5 Å². The number of piperidine rings is 1. The van der Waals surface area contributed by atoms with E-state index < -0.39 is 10.0 Å². The summed E-state index contributed by atoms with van der Waals surface area (Å²) >= 11 is 0. The number of benzene rings is 1. The van der Waals surface area contributed by atoms with Crippen LogP contribution in [0.4, 0.5) is 5.69 Å². The van der Waals surface area contributed by atoms with E-state index in [-0.39, 0.29) is 0 Å². The molecule has 2 unspecified atom stereocenters. The van der Waals surface area contributed by atoms with Crippen molar-refractivity contribution in [1.82, 2.24) is 10.0 Å². The van der Waals surface area contributed by atoms with E-state index in [0.717, 1.165) is 31.2 Å². The Bertz CT molecular complexity index is 571. The van der Waals surface area contributed by atoms with Crippen LogP contribution in [0.3, 0.4) is 0 Å². The van der Waals surface area contributed by atoms with Gasteiger partial charge in [-0.1, -0.05) is 6.92 Å². The van der Waals surface area contributed by atoms with E-state index >= 15 is 0 Å². The number of hydrogen-bond acceptors (Lipinski definition) is 4. The number of anilines is 1. The first-order chi connectivity index (χ1) is 10.1. The van der Waals surface area contributed by atoms with E-state index in [9.17, 15) is 8.42 Å². The Hall–Kier alpha value is -1.11. The Morgan fingerprint density at radius 3 is 2.71 bits per heavy atom. The van der Waals surface area contributed by atoms with Crippen molar-refractivity contribution < 1.29 is 8.42 Å². The monoisotopic (exact) mass is 309 g/mol. The van der Waals surface area contributed by atoms with Crippen LogP contribution >= 0.6 is 0 Å². The van der Waals surface area contributed by atoms with Crippen LogP contribution in [-0.4, -0.2) is 40.6 Å². The topological polar surface area (TPSA) is 61.4 Å². The maximum atomic E-state index is 11.9. The SMILES string of the molecule is CCNS(=O)(=O)c1ccc(N2CC3CCCNC3C2)cc1. The average Bonchev–Trinajstić information content (AvgIpc) is 2.91. The number of nitrogens with one attached hydrogen (secondary N) is 2. The molecule has 2 aliphatic heterocycles. The highest BCUT2D eigenvalue weighted by Gasteiger charge is 2.34. The first kappa shape index (κ1) is 14.8. The van der Waals surface area contributed by atoms with Crippen molar-refractivity contribution in [2.45, 2.75) is 30.7 Å². The van der Waals surface area contributed by atoms with Crippen molar-refractivity contribution >= 4 is 15.7 Å². The van der Waals surface area contributed by atoms with Gasteiger partial charge in [0.2, 0.25) is 10.0 Å². The van der Waals surface area contributed by atoms with E-state index in [1.54, 1.807) is 19.1 Å². The lowest BCUT2D eigenvalue weighted by Gasteiger charge is -2.24. The molecule has 1 aromatic rings. The Labute approximate surface area is 126 Å². The predicted molar refractivity (Wildman–Crippen MR) is 84.0 cm³/mol. The standard InChI is InChI=1S/C15H23N3O2S/c1-2-17-21(19,20)14-7-5-13(6-8-14)18-10-12-4-3-9-16-15(12)11-18/h5-8,12,15-17H,2-4,9-11H2,1H3. The van der Waals surface area contributed by atoms with Crippen molar-refractivity contribution in [3.63, 3.8) is 0 Å². The molecule has 0 bridgehead atoms. The molecule has 0 radical (unpaired) electrons. The van der Waals surface area contributed by atoms with Crippen LogP contribution < -0.4 is 14.9 Å². The smallest absolute Gasteiger partial charge is 0.240 e. The molecule has 2 fully saturated rings. The maximum absolute atomic E-state index is 11.9. The first-order valence-electron chi connectivity index (χ1n) is 7.68. The molecule has 0 amide bonds. The van der Waals surface area contributed by atoms with Gasteiger partial charge in [-0.2, -0.15) is 0 Å². The van der Waals surface area contributed by atoms with E-state index in [1.165, 1.54) is 12.8 Å². The van der Waals surface area contributed by atoms with Gasteiger partial charge in [0.1, 0.15) is 0 Å². The molecule has 6 heteroatoms. The molecular weight excluding hydrogens is 286 g/mol. The highest BCUT2D eigenvalue weighted by atomic mass is 32.2. The minimum absolute atomic E-state index is 0.336. The quantitative estimate of drug-likeness (QED) is 0.876. The summed E-state index contributed by atoms with van der Waals surface area (Å²) in [4.78, 5) is 2.69. The van der Waals surface area contributed by atoms with E-state index in [4.69, 9.17) is 0 Å². The van der Waals surface area contributed by atoms with Crippen molar-refractivity contribution in [2.24, 2.45) is 5.92 Å². The molecule has 2 atom stereocenters. The van der Waals surface area contributed by atoms with Gasteiger partial charge in [0.15, 0.2) is 0 Å². The molecule has 0 spiro atoms. The Balaban J connectivity index is 1.73. The van der Waals surface area contributed by atoms with Crippen LogP contribution in [0.5, 0.6) is 0 Å². The zero-order valence-corrected chi connectivity index (χ0v) is 13.2. The molecule has 0 saturated carbocycles. The molecule has 0 aliphatic carbocycles. The van der Waals surface area contributed by atoms with Crippen LogP contribution in [0.25, 0.3) is 0 Å². The number of hydrogen-bond donors (Lipinski definition) is 2. The maximum Gasteiger partial charge on any atom is 0.240 e. The highest BCUT2D eigenvalue weighted by molar-refractivity contribution is 7.89. The summed E-state index contributed by atoms with van der Waals surface area (Å²) < 4.78 is 26.4. The Morgan fingerprint density at radius 2 is 2.05 bits per heavy atom. The molecule has 3 rings (SSSR count). The normalized spacial score (nSPS) is 25.9. The number of fused-ring (bicyclic) bond motifs is 1. The second-order valence-electron chi connectivity index (χ2n) is 5.86. The molecular formula is C15H23N3O2S. The minimum atomic E-state index is -3.35. The van der Waals surface area contributed by atoms with Gasteiger partial charge in [0, 0.05) is 31.4 Å². The minimum Gasteiger partial charge on any atom is -0.370 e. The van der Waals surface area contributed by atoms with Crippen LogP contribution in [0.1, 0.15) is 19.8 Å². The second kappa shape index (κ2) is 5.94. The zero-order chi connectivity index (χ0) is 14.9. The molecule has 1 aromatic carbocycles. The molecule has 21 heavy (non-hydrogen) atoms. The fraction of sp³-hybridized carbons (Fsp3) is 0.600. The fourth-order valence-corrected chi connectivity index (χ4v) is 4.41. The summed E-state index contributed by atoms with van der Waals surface area (Å²) in [5.74, 6) is 0.726. The third-order valence-corrected chi connectivity index (χ3v) is 6.01. The van der Waals surface area contributed by atoms with Crippen LogP contribution in [0.15, 0.2) is 29.2 Å². The molecule has 116 valence electrons. The Kier molecular flexibility index (Phi) is 4.19. The summed E-state index contributed by atoms with van der Waals surface area (Å²) in [6.45, 7) is 5.39. The molecule has 2 N–H and O–H groups in total. The number of sulfonamides is 1. The largest absolute Gasteiger partial charge is 0.370 e. The van der Waals surface area contributed by atoms with E-state index in [2.05, 4.69) is 14.9 Å². The molecule has 2 aliphatic rings. The summed E-state index contributed by atoms with van der Waals surface area (Å²) in [6, 6.07) is 7.82. The molecule has 2 saturated heterocycles. The van der Waals surface area contributed by atoms with Gasteiger partial charge in [0.25, 0.3) is 0 Å². The summed E-state index contributed by atoms with van der Waals surface area (Å²) in [7, 11) is -3.35. The lowest BCUT2D eigenvalue weighted by Crippen LogP contribution is -2.40. The van der Waals surface area contributed by atoms with Gasteiger partial charge in [0.05, 0.1) is 4.90 Å². The predicted octanol–water partition coefficient (Wildman–Crippen LogP) is 1.17. The molecule has 5 nitrogen and oxygen atoms in total. The average molecular weight is 309 g/mol. The van der Waals surface area contributed by atoms with Crippen LogP contribution in [-0.2, 0) is 10.0 Å². The fourth-order valence-electron chi connectivity index (χ4n) is 3.37. The van der Waals surface area contributed by atoms with Crippen molar-refractivity contribution in [3.8, 4) is 0 Å². The first-order valence-corrected chi connectivity index (χ1v) is 9.16. The summed E-state index contributed by atoms with van der Waals surface area (Å²) in [5, 5.41) is 3.59. The highest BCUT2D eigenvalue weighted by Crippen LogP contribution is 2.29. The van der Waals surface area contributed by atoms with Crippen LogP contribution in [0, 0.1) is 5.92 Å². The number of rotatable bonds is 4. The van der Waals surface area contributed by atoms with Gasteiger partial charge in [-0.05, 0) is 49.6 Å². The van der Waals surface area contributed by atoms with Gasteiger partial charge in [-0.25, -0.2) is 13.1 Å². The van der Waals surface area contributed by atoms with E-state index in [1.807, 2.05) is 12.1 Å². The number of nitrogens with zero attached hydrogens (tertiary/aromatic N) is 1. The summed E-state index contributed by atoms with van der Waals surface area (Å²) in [6.07, 6.45) is 2.55. The third-order valence-electron chi connectivity index (χ3n) is 4.45. The Morgan fingerprint density at radius 1 is 1.29 bits per heavy atom. The second-order valence-corrected chi connectivity index (χ2v) is 7.63. The van der Waals surface area contributed by atoms with Crippen LogP contribution in [0.2, 0.25) is 0 Å². The van der Waals surface area contributed by atoms with Gasteiger partial charge in [-0.3, -0.25) is 0 Å². The van der Waals surface area contributed by atoms with Gasteiger partial charge in [-0.15, -0.1) is 0 Å². The lowest BCUT2D eigenvalue weighted by atomic mass is 9.94. The molecule has 0 aromatic heterocycles. The lowest BCUT2D eigenvalue weighted by molar-refractivity contribution is 0.340. The summed E-state index contributed by atoms with van der Waals surface area (Å²) in [5.41, 5.74) is 1.11. The van der Waals surface area contributed by atoms with Crippen molar-refractivity contribution in [2.75, 3.05) is 31.1 Å².